The molecule has 1 aliphatic carbocycles. The number of furan rings is 1. The predicted molar refractivity (Wildman–Crippen MR) is 76.0 cm³/mol. The second-order valence-electron chi connectivity index (χ2n) is 6.50. The highest BCUT2D eigenvalue weighted by Gasteiger charge is 2.35. The lowest BCUT2D eigenvalue weighted by Crippen LogP contribution is -2.35. The summed E-state index contributed by atoms with van der Waals surface area (Å²) in [5.41, 5.74) is 1.36. The van der Waals surface area contributed by atoms with Crippen molar-refractivity contribution in [3.05, 3.63) is 23.2 Å². The maximum Gasteiger partial charge on any atom is 0.220 e. The molecule has 0 unspecified atom stereocenters. The highest BCUT2D eigenvalue weighted by Crippen LogP contribution is 2.41. The van der Waals surface area contributed by atoms with Crippen LogP contribution in [0.15, 0.2) is 10.5 Å². The zero-order valence-corrected chi connectivity index (χ0v) is 12.5. The van der Waals surface area contributed by atoms with E-state index >= 15 is 0 Å². The van der Waals surface area contributed by atoms with E-state index in [1.165, 1.54) is 5.56 Å². The maximum absolute atomic E-state index is 12.0. The van der Waals surface area contributed by atoms with Gasteiger partial charge < -0.3 is 9.73 Å². The average Bonchev–Trinajstić information content (AvgIpc) is 2.65. The number of unbranched alkanes of at least 4 members (excludes halogenated alkanes) is 1. The fraction of sp³-hybridized carbons (Fsp3) is 0.688. The Morgan fingerprint density at radius 1 is 1.53 bits per heavy atom. The van der Waals surface area contributed by atoms with Crippen LogP contribution in [0.1, 0.15) is 69.6 Å². The number of carbonyl (C=O) groups is 1. The van der Waals surface area contributed by atoms with Crippen LogP contribution in [0.2, 0.25) is 0 Å². The molecule has 1 aromatic rings. The van der Waals surface area contributed by atoms with E-state index in [9.17, 15) is 4.79 Å². The molecule has 0 spiro atoms. The van der Waals surface area contributed by atoms with Crippen LogP contribution in [0.5, 0.6) is 0 Å². The Kier molecular flexibility index (Phi) is 4.02. The maximum atomic E-state index is 12.0. The van der Waals surface area contributed by atoms with Crippen LogP contribution in [0, 0.1) is 12.3 Å². The van der Waals surface area contributed by atoms with Crippen LogP contribution < -0.4 is 5.32 Å². The molecule has 1 amide bonds. The van der Waals surface area contributed by atoms with Gasteiger partial charge in [-0.1, -0.05) is 27.2 Å². The first kappa shape index (κ1) is 14.2. The second kappa shape index (κ2) is 5.40. The quantitative estimate of drug-likeness (QED) is 0.895. The monoisotopic (exact) mass is 263 g/mol. The molecule has 106 valence electrons. The molecule has 1 heterocycles. The van der Waals surface area contributed by atoms with Gasteiger partial charge in [-0.15, -0.1) is 0 Å². The van der Waals surface area contributed by atoms with Crippen LogP contribution in [-0.2, 0) is 11.2 Å². The molecule has 0 radical (unpaired) electrons. The number of hydrogen-bond acceptors (Lipinski definition) is 2. The Morgan fingerprint density at radius 3 is 2.95 bits per heavy atom. The molecule has 3 heteroatoms. The van der Waals surface area contributed by atoms with Gasteiger partial charge in [0, 0.05) is 18.4 Å². The van der Waals surface area contributed by atoms with Crippen LogP contribution in [0.4, 0.5) is 0 Å². The van der Waals surface area contributed by atoms with Crippen molar-refractivity contribution >= 4 is 5.91 Å². The van der Waals surface area contributed by atoms with E-state index in [0.29, 0.717) is 6.42 Å². The Morgan fingerprint density at radius 2 is 2.26 bits per heavy atom. The van der Waals surface area contributed by atoms with E-state index in [1.807, 2.05) is 6.92 Å². The molecular formula is C16H25NO2. The lowest BCUT2D eigenvalue weighted by Gasteiger charge is -2.34. The average molecular weight is 263 g/mol. The van der Waals surface area contributed by atoms with Gasteiger partial charge in [-0.25, -0.2) is 0 Å². The number of fused-ring (bicyclic) bond motifs is 1. The fourth-order valence-electron chi connectivity index (χ4n) is 2.92. The van der Waals surface area contributed by atoms with Crippen molar-refractivity contribution < 1.29 is 9.21 Å². The molecule has 0 aliphatic heterocycles. The van der Waals surface area contributed by atoms with Crippen molar-refractivity contribution in [1.82, 2.24) is 5.32 Å². The van der Waals surface area contributed by atoms with Gasteiger partial charge >= 0.3 is 0 Å². The number of hydrogen-bond donors (Lipinski definition) is 1. The highest BCUT2D eigenvalue weighted by atomic mass is 16.3. The molecule has 19 heavy (non-hydrogen) atoms. The minimum atomic E-state index is 0.112. The van der Waals surface area contributed by atoms with Crippen molar-refractivity contribution in [3.8, 4) is 0 Å². The van der Waals surface area contributed by atoms with Gasteiger partial charge in [0.2, 0.25) is 5.91 Å². The van der Waals surface area contributed by atoms with Crippen molar-refractivity contribution in [2.75, 3.05) is 0 Å². The van der Waals surface area contributed by atoms with Crippen LogP contribution in [0.25, 0.3) is 0 Å². The van der Waals surface area contributed by atoms with Gasteiger partial charge in [0.25, 0.3) is 0 Å². The molecule has 3 nitrogen and oxygen atoms in total. The van der Waals surface area contributed by atoms with Crippen molar-refractivity contribution in [2.24, 2.45) is 5.41 Å². The van der Waals surface area contributed by atoms with Gasteiger partial charge in [0.15, 0.2) is 0 Å². The molecule has 1 aromatic heterocycles. The Bertz CT molecular complexity index is 459. The van der Waals surface area contributed by atoms with Crippen LogP contribution in [0.3, 0.4) is 0 Å². The molecule has 0 saturated heterocycles. The van der Waals surface area contributed by atoms with E-state index in [-0.39, 0.29) is 17.4 Å². The molecular weight excluding hydrogens is 238 g/mol. The smallest absolute Gasteiger partial charge is 0.220 e. The summed E-state index contributed by atoms with van der Waals surface area (Å²) in [6.45, 7) is 8.55. The molecule has 2 rings (SSSR count). The van der Waals surface area contributed by atoms with Gasteiger partial charge in [0.1, 0.15) is 11.5 Å². The van der Waals surface area contributed by atoms with Crippen molar-refractivity contribution in [1.29, 1.82) is 0 Å². The minimum Gasteiger partial charge on any atom is -0.466 e. The van der Waals surface area contributed by atoms with Gasteiger partial charge in [-0.3, -0.25) is 4.79 Å². The summed E-state index contributed by atoms with van der Waals surface area (Å²) in [7, 11) is 0. The first-order chi connectivity index (χ1) is 8.91. The van der Waals surface area contributed by atoms with E-state index in [2.05, 4.69) is 32.2 Å². The third-order valence-electron chi connectivity index (χ3n) is 3.83. The van der Waals surface area contributed by atoms with Gasteiger partial charge in [0.05, 0.1) is 6.04 Å². The summed E-state index contributed by atoms with van der Waals surface area (Å²) in [4.78, 5) is 12.0. The molecule has 0 aromatic carbocycles. The number of aryl methyl sites for hydroxylation is 1. The second-order valence-corrected chi connectivity index (χ2v) is 6.50. The third-order valence-corrected chi connectivity index (χ3v) is 3.83. The Hall–Kier alpha value is -1.25. The van der Waals surface area contributed by atoms with Crippen LogP contribution in [-0.4, -0.2) is 5.91 Å². The lowest BCUT2D eigenvalue weighted by atomic mass is 9.74. The molecule has 0 saturated carbocycles. The van der Waals surface area contributed by atoms with Crippen molar-refractivity contribution in [3.63, 3.8) is 0 Å². The van der Waals surface area contributed by atoms with E-state index in [4.69, 9.17) is 4.42 Å². The summed E-state index contributed by atoms with van der Waals surface area (Å²) >= 11 is 0. The molecule has 1 aliphatic rings. The van der Waals surface area contributed by atoms with Gasteiger partial charge in [-0.2, -0.15) is 0 Å². The van der Waals surface area contributed by atoms with Crippen LogP contribution >= 0.6 is 0 Å². The summed E-state index contributed by atoms with van der Waals surface area (Å²) in [6, 6.07) is 2.19. The van der Waals surface area contributed by atoms with Gasteiger partial charge in [-0.05, 0) is 31.2 Å². The number of nitrogens with one attached hydrogen (secondary N) is 1. The fourth-order valence-corrected chi connectivity index (χ4v) is 2.92. The summed E-state index contributed by atoms with van der Waals surface area (Å²) < 4.78 is 5.78. The summed E-state index contributed by atoms with van der Waals surface area (Å²) in [6.07, 6.45) is 4.58. The summed E-state index contributed by atoms with van der Waals surface area (Å²) in [5.74, 6) is 2.15. The van der Waals surface area contributed by atoms with E-state index in [0.717, 1.165) is 37.2 Å². The molecule has 0 fully saturated rings. The highest BCUT2D eigenvalue weighted by molar-refractivity contribution is 5.76. The Balaban J connectivity index is 2.13. The minimum absolute atomic E-state index is 0.112. The molecule has 1 N–H and O–H groups in total. The zero-order chi connectivity index (χ0) is 14.0. The molecule has 1 atom stereocenters. The zero-order valence-electron chi connectivity index (χ0n) is 12.5. The number of rotatable bonds is 4. The van der Waals surface area contributed by atoms with E-state index < -0.39 is 0 Å². The van der Waals surface area contributed by atoms with E-state index in [1.54, 1.807) is 0 Å². The number of amides is 1. The Labute approximate surface area is 115 Å². The number of carbonyl (C=O) groups excluding carboxylic acids is 1. The first-order valence-corrected chi connectivity index (χ1v) is 7.30. The topological polar surface area (TPSA) is 42.2 Å². The third kappa shape index (κ3) is 3.40. The SMILES string of the molecule is CCCCC(=O)N[C@H]1CC(C)(C)Cc2oc(C)cc21. The summed E-state index contributed by atoms with van der Waals surface area (Å²) in [5, 5.41) is 3.18. The predicted octanol–water partition coefficient (Wildman–Crippen LogP) is 3.91. The lowest BCUT2D eigenvalue weighted by molar-refractivity contribution is -0.122. The standard InChI is InChI=1S/C16H25NO2/c1-5-6-7-15(18)17-13-9-16(3,4)10-14-12(13)8-11(2)19-14/h8,13H,5-7,9-10H2,1-4H3,(H,17,18)/t13-/m0/s1. The molecule has 0 bridgehead atoms. The normalized spacial score (nSPS) is 20.9. The van der Waals surface area contributed by atoms with Crippen molar-refractivity contribution in [2.45, 2.75) is 65.8 Å². The largest absolute Gasteiger partial charge is 0.466 e. The first-order valence-electron chi connectivity index (χ1n) is 7.30.